The summed E-state index contributed by atoms with van der Waals surface area (Å²) in [5.41, 5.74) is 0.940. The van der Waals surface area contributed by atoms with E-state index in [2.05, 4.69) is 48.5 Å². The Balaban J connectivity index is 1.56. The van der Waals surface area contributed by atoms with Gasteiger partial charge in [-0.05, 0) is 41.4 Å². The summed E-state index contributed by atoms with van der Waals surface area (Å²) in [6, 6.07) is 30.8. The number of carbonyl (C=O) groups is 2. The highest BCUT2D eigenvalue weighted by molar-refractivity contribution is 6.97. The van der Waals surface area contributed by atoms with Gasteiger partial charge >= 0.3 is 0 Å². The van der Waals surface area contributed by atoms with Crippen molar-refractivity contribution in [1.29, 1.82) is 0 Å². The lowest BCUT2D eigenvalue weighted by Gasteiger charge is -2.41. The summed E-state index contributed by atoms with van der Waals surface area (Å²) < 4.78 is 7.10. The van der Waals surface area contributed by atoms with E-state index in [1.165, 1.54) is 15.3 Å². The molecule has 3 aromatic carbocycles. The molecule has 6 heteroatoms. The summed E-state index contributed by atoms with van der Waals surface area (Å²) in [6.07, 6.45) is 0.696. The van der Waals surface area contributed by atoms with Crippen LogP contribution in [0.1, 0.15) is 18.0 Å². The summed E-state index contributed by atoms with van der Waals surface area (Å²) in [7, 11) is -0.780. The largest absolute Gasteiger partial charge is 0.405 e. The Morgan fingerprint density at radius 2 is 1.32 bits per heavy atom. The zero-order valence-electron chi connectivity index (χ0n) is 19.2. The first-order valence-electron chi connectivity index (χ1n) is 12.0. The van der Waals surface area contributed by atoms with E-state index in [-0.39, 0.29) is 29.8 Å². The van der Waals surface area contributed by atoms with E-state index in [1.54, 1.807) is 0 Å². The van der Waals surface area contributed by atoms with Crippen molar-refractivity contribution in [2.75, 3.05) is 13.7 Å². The van der Waals surface area contributed by atoms with Crippen molar-refractivity contribution in [3.8, 4) is 0 Å². The van der Waals surface area contributed by atoms with Gasteiger partial charge in [0.1, 0.15) is 0 Å². The third-order valence-electron chi connectivity index (χ3n) is 7.93. The molecule has 5 nitrogen and oxygen atoms in total. The number of rotatable bonds is 3. The normalized spacial score (nSPS) is 28.4. The van der Waals surface area contributed by atoms with Crippen LogP contribution in [-0.2, 0) is 14.0 Å². The van der Waals surface area contributed by atoms with Crippen molar-refractivity contribution in [2.24, 2.45) is 5.92 Å². The minimum atomic E-state index is -2.72. The van der Waals surface area contributed by atoms with Crippen LogP contribution in [-0.4, -0.2) is 55.7 Å². The summed E-state index contributed by atoms with van der Waals surface area (Å²) in [6.45, 7) is 0.299. The van der Waals surface area contributed by atoms with Gasteiger partial charge < -0.3 is 4.43 Å². The molecule has 4 atom stereocenters. The number of fused-ring (bicyclic) bond motifs is 2. The van der Waals surface area contributed by atoms with E-state index in [4.69, 9.17) is 4.43 Å². The van der Waals surface area contributed by atoms with Gasteiger partial charge in [0.2, 0.25) is 11.8 Å². The van der Waals surface area contributed by atoms with Gasteiger partial charge in [-0.2, -0.15) is 0 Å². The van der Waals surface area contributed by atoms with Crippen molar-refractivity contribution in [3.63, 3.8) is 0 Å². The maximum atomic E-state index is 13.9. The van der Waals surface area contributed by atoms with Crippen molar-refractivity contribution >= 4 is 30.5 Å². The second kappa shape index (κ2) is 8.31. The third kappa shape index (κ3) is 3.21. The minimum absolute atomic E-state index is 0.0676. The van der Waals surface area contributed by atoms with Gasteiger partial charge in [-0.3, -0.25) is 19.4 Å². The molecule has 0 unspecified atom stereocenters. The molecule has 3 aliphatic heterocycles. The average molecular weight is 469 g/mol. The first kappa shape index (κ1) is 21.5. The number of amides is 2. The Bertz CT molecular complexity index is 1160. The van der Waals surface area contributed by atoms with Crippen LogP contribution in [0.3, 0.4) is 0 Å². The lowest BCUT2D eigenvalue weighted by molar-refractivity contribution is -0.160. The first-order valence-corrected chi connectivity index (χ1v) is 14.1. The molecule has 2 amide bonds. The topological polar surface area (TPSA) is 49.9 Å². The minimum Gasteiger partial charge on any atom is -0.405 e. The molecule has 3 bridgehead atoms. The highest BCUT2D eigenvalue weighted by Crippen LogP contribution is 2.43. The van der Waals surface area contributed by atoms with Gasteiger partial charge in [-0.1, -0.05) is 91.0 Å². The fraction of sp³-hybridized carbons (Fsp3) is 0.286. The Morgan fingerprint density at radius 1 is 0.765 bits per heavy atom. The van der Waals surface area contributed by atoms with E-state index in [9.17, 15) is 9.59 Å². The molecule has 3 aliphatic rings. The molecular formula is C28H28N2O3Si. The third-order valence-corrected chi connectivity index (χ3v) is 12.2. The highest BCUT2D eigenvalue weighted by Gasteiger charge is 2.59. The lowest BCUT2D eigenvalue weighted by Crippen LogP contribution is -2.62. The van der Waals surface area contributed by atoms with Gasteiger partial charge in [0, 0.05) is 0 Å². The van der Waals surface area contributed by atoms with E-state index < -0.39 is 14.4 Å². The van der Waals surface area contributed by atoms with Crippen molar-refractivity contribution in [3.05, 3.63) is 96.6 Å². The Hall–Kier alpha value is -3.06. The standard InChI is InChI=1S/C28H28N2O3Si/c1-29-24-17-21-19-34(22-13-7-3-8-14-22,23-15-9-4-10-16-23)33-18-25(20-11-5-2-6-12-20)30(27(24)31)28(32)26(21)29/h2-16,21,24-26H,17-19H2,1H3/t21-,24+,25+,26-/m1/s1. The monoisotopic (exact) mass is 468 g/mol. The van der Waals surface area contributed by atoms with Crippen LogP contribution >= 0.6 is 0 Å². The number of nitrogens with zero attached hydrogens (tertiary/aromatic N) is 2. The first-order chi connectivity index (χ1) is 16.6. The molecule has 3 fully saturated rings. The molecule has 3 aromatic rings. The number of piperazine rings is 1. The number of benzene rings is 3. The predicted octanol–water partition coefficient (Wildman–Crippen LogP) is 2.58. The molecule has 0 spiro atoms. The van der Waals surface area contributed by atoms with Crippen LogP contribution in [0.15, 0.2) is 91.0 Å². The summed E-state index contributed by atoms with van der Waals surface area (Å²) in [5.74, 6) is -0.0926. The quantitative estimate of drug-likeness (QED) is 0.438. The fourth-order valence-electron chi connectivity index (χ4n) is 6.30. The molecule has 0 radical (unpaired) electrons. The molecule has 3 heterocycles. The van der Waals surface area contributed by atoms with Gasteiger partial charge in [0.05, 0.1) is 24.7 Å². The highest BCUT2D eigenvalue weighted by atomic mass is 28.4. The van der Waals surface area contributed by atoms with Gasteiger partial charge in [0.15, 0.2) is 0 Å². The fourth-order valence-corrected chi connectivity index (χ4v) is 10.6. The van der Waals surface area contributed by atoms with Crippen molar-refractivity contribution in [1.82, 2.24) is 9.80 Å². The van der Waals surface area contributed by atoms with Crippen molar-refractivity contribution < 1.29 is 14.0 Å². The Kier molecular flexibility index (Phi) is 5.24. The van der Waals surface area contributed by atoms with Crippen LogP contribution in [0.5, 0.6) is 0 Å². The smallest absolute Gasteiger partial charge is 0.256 e. The van der Waals surface area contributed by atoms with Gasteiger partial charge in [-0.15, -0.1) is 0 Å². The summed E-state index contributed by atoms with van der Waals surface area (Å²) in [4.78, 5) is 31.0. The Labute approximate surface area is 201 Å². The molecular weight excluding hydrogens is 440 g/mol. The second-order valence-corrected chi connectivity index (χ2v) is 13.2. The van der Waals surface area contributed by atoms with Crippen LogP contribution in [0.4, 0.5) is 0 Å². The number of hydrogen-bond donors (Lipinski definition) is 0. The van der Waals surface area contributed by atoms with Gasteiger partial charge in [0.25, 0.3) is 8.32 Å². The SMILES string of the molecule is CN1[C@H]2C[C@@H]3C[Si](c4ccccc4)(c4ccccc4)OC[C@@H](c4ccccc4)N(C2=O)C(=O)[C@@H]31. The van der Waals surface area contributed by atoms with Crippen molar-refractivity contribution in [2.45, 2.75) is 30.6 Å². The molecule has 0 saturated carbocycles. The second-order valence-electron chi connectivity index (χ2n) is 9.67. The number of carbonyl (C=O) groups excluding carboxylic acids is 2. The summed E-state index contributed by atoms with van der Waals surface area (Å²) >= 11 is 0. The van der Waals surface area contributed by atoms with Crippen LogP contribution < -0.4 is 10.4 Å². The zero-order chi connectivity index (χ0) is 23.3. The van der Waals surface area contributed by atoms with Crippen LogP contribution in [0, 0.1) is 5.92 Å². The Morgan fingerprint density at radius 3 is 1.91 bits per heavy atom. The maximum Gasteiger partial charge on any atom is 0.256 e. The molecule has 34 heavy (non-hydrogen) atoms. The van der Waals surface area contributed by atoms with Gasteiger partial charge in [-0.25, -0.2) is 0 Å². The summed E-state index contributed by atoms with van der Waals surface area (Å²) in [5, 5.41) is 2.43. The predicted molar refractivity (Wildman–Crippen MR) is 133 cm³/mol. The van der Waals surface area contributed by atoms with E-state index in [0.29, 0.717) is 13.0 Å². The van der Waals surface area contributed by atoms with E-state index in [1.807, 2.05) is 54.4 Å². The van der Waals surface area contributed by atoms with Crippen LogP contribution in [0.25, 0.3) is 0 Å². The number of hydrogen-bond acceptors (Lipinski definition) is 4. The molecule has 6 rings (SSSR count). The molecule has 0 N–H and O–H groups in total. The maximum absolute atomic E-state index is 13.9. The van der Waals surface area contributed by atoms with Crippen LogP contribution in [0.2, 0.25) is 6.04 Å². The van der Waals surface area contributed by atoms with E-state index >= 15 is 0 Å². The average Bonchev–Trinajstić information content (AvgIpc) is 3.17. The zero-order valence-corrected chi connectivity index (χ0v) is 20.2. The molecule has 0 aliphatic carbocycles. The molecule has 3 saturated heterocycles. The number of imide groups is 1. The number of likely N-dealkylation sites (N-methyl/N-ethyl adjacent to an activating group) is 1. The van der Waals surface area contributed by atoms with E-state index in [0.717, 1.165) is 11.6 Å². The molecule has 0 aromatic heterocycles. The lowest BCUT2D eigenvalue weighted by atomic mass is 10.0. The molecule has 172 valence electrons.